The summed E-state index contributed by atoms with van der Waals surface area (Å²) < 4.78 is 137. The number of furan rings is 1. The molecule has 0 amide bonds. The van der Waals surface area contributed by atoms with Gasteiger partial charge >= 0.3 is 0 Å². The minimum absolute atomic E-state index is 0.106. The molecule has 2 heterocycles. The maximum absolute atomic E-state index is 9.50. The zero-order valence-corrected chi connectivity index (χ0v) is 28.6. The Morgan fingerprint density at radius 2 is 1.07 bits per heavy atom. The lowest BCUT2D eigenvalue weighted by Gasteiger charge is -2.28. The Morgan fingerprint density at radius 1 is 0.436 bits per heavy atom. The Morgan fingerprint density at radius 3 is 1.87 bits per heavy atom. The number of para-hydroxylation sites is 3. The maximum Gasteiger partial charge on any atom is 0.228 e. The van der Waals surface area contributed by atoms with Crippen molar-refractivity contribution in [2.45, 2.75) is 0 Å². The van der Waals surface area contributed by atoms with E-state index in [1.54, 1.807) is 30.3 Å². The predicted molar refractivity (Wildman–Crippen MR) is 227 cm³/mol. The van der Waals surface area contributed by atoms with Crippen LogP contribution in [0.4, 0.5) is 17.1 Å². The molecule has 0 spiro atoms. The zero-order valence-electron chi connectivity index (χ0n) is 42.6. The van der Waals surface area contributed by atoms with E-state index < -0.39 is 107 Å². The van der Waals surface area contributed by atoms with Crippen molar-refractivity contribution in [2.24, 2.45) is 0 Å². The lowest BCUT2D eigenvalue weighted by molar-refractivity contribution is 0.619. The Balaban J connectivity index is 1.22. The van der Waals surface area contributed by atoms with Gasteiger partial charge < -0.3 is 13.7 Å². The number of fused-ring (bicyclic) bond motifs is 6. The molecule has 258 valence electrons. The highest BCUT2D eigenvalue weighted by Gasteiger charge is 2.22. The van der Waals surface area contributed by atoms with E-state index in [0.717, 1.165) is 26.4 Å². The number of rotatable bonds is 6. The SMILES string of the molecule is [2H]c1c([2H])c([2H])c(-c2c([2H])c([2H])c(N(c3c([2H])c([2H])c([2H])c([2H])c3[2H])c3ccc(-c4cc5c(cc4-c4nc6ccccc6o4)oc4cc6ccccc6cc45)c4ccccc34)c([2H])c2[2H])c([2H])c1[2H]. The van der Waals surface area contributed by atoms with Gasteiger partial charge in [-0.15, -0.1) is 0 Å². The van der Waals surface area contributed by atoms with Gasteiger partial charge in [0.2, 0.25) is 5.89 Å². The quantitative estimate of drug-likeness (QED) is 0.172. The second-order valence-corrected chi connectivity index (χ2v) is 12.9. The van der Waals surface area contributed by atoms with Crippen molar-refractivity contribution in [1.29, 1.82) is 0 Å². The number of hydrogen-bond acceptors (Lipinski definition) is 4. The summed E-state index contributed by atoms with van der Waals surface area (Å²) in [5, 5.41) is 4.63. The second kappa shape index (κ2) is 12.6. The van der Waals surface area contributed by atoms with E-state index in [-0.39, 0.29) is 5.69 Å². The van der Waals surface area contributed by atoms with Crippen molar-refractivity contribution in [3.8, 4) is 33.7 Å². The summed E-state index contributed by atoms with van der Waals surface area (Å²) in [6, 6.07) is 23.3. The topological polar surface area (TPSA) is 42.4 Å². The highest BCUT2D eigenvalue weighted by Crippen LogP contribution is 2.46. The van der Waals surface area contributed by atoms with E-state index in [1.807, 2.05) is 72.8 Å². The van der Waals surface area contributed by atoms with Gasteiger partial charge in [0.15, 0.2) is 5.58 Å². The molecule has 0 radical (unpaired) electrons. The molecule has 0 atom stereocenters. The smallest absolute Gasteiger partial charge is 0.228 e. The fourth-order valence-electron chi connectivity index (χ4n) is 7.23. The molecule has 0 aliphatic rings. The highest BCUT2D eigenvalue weighted by atomic mass is 16.3. The molecule has 2 aromatic heterocycles. The van der Waals surface area contributed by atoms with Gasteiger partial charge in [0, 0.05) is 33.1 Å². The van der Waals surface area contributed by atoms with Crippen LogP contribution in [-0.2, 0) is 0 Å². The van der Waals surface area contributed by atoms with Crippen molar-refractivity contribution in [2.75, 3.05) is 4.90 Å². The van der Waals surface area contributed by atoms with Crippen molar-refractivity contribution in [1.82, 2.24) is 4.98 Å². The summed E-state index contributed by atoms with van der Waals surface area (Å²) in [5.74, 6) is 0.301. The van der Waals surface area contributed by atoms with Gasteiger partial charge in [-0.3, -0.25) is 0 Å². The Kier molecular flexibility index (Phi) is 4.62. The number of oxazole rings is 1. The molecular weight excluding hydrogens is 673 g/mol. The average Bonchev–Trinajstić information content (AvgIpc) is 3.95. The first kappa shape index (κ1) is 20.1. The molecule has 0 saturated carbocycles. The first-order valence-electron chi connectivity index (χ1n) is 24.4. The summed E-state index contributed by atoms with van der Waals surface area (Å²) in [4.78, 5) is 5.98. The van der Waals surface area contributed by atoms with Crippen LogP contribution in [0.1, 0.15) is 19.2 Å². The molecule has 55 heavy (non-hydrogen) atoms. The molecule has 0 unspecified atom stereocenters. The van der Waals surface area contributed by atoms with Crippen molar-refractivity contribution < 1.29 is 28.0 Å². The zero-order chi connectivity index (χ0) is 48.5. The molecule has 11 rings (SSSR count). The van der Waals surface area contributed by atoms with Crippen LogP contribution in [0.2, 0.25) is 0 Å². The number of nitrogens with zero attached hydrogens (tertiary/aromatic N) is 2. The van der Waals surface area contributed by atoms with Crippen LogP contribution in [0, 0.1) is 0 Å². The van der Waals surface area contributed by atoms with Crippen molar-refractivity contribution in [3.63, 3.8) is 0 Å². The number of hydrogen-bond donors (Lipinski definition) is 0. The van der Waals surface area contributed by atoms with Crippen LogP contribution in [0.5, 0.6) is 0 Å². The van der Waals surface area contributed by atoms with E-state index in [9.17, 15) is 8.22 Å². The van der Waals surface area contributed by atoms with Gasteiger partial charge in [-0.2, -0.15) is 0 Å². The summed E-state index contributed by atoms with van der Waals surface area (Å²) in [7, 11) is 0. The van der Waals surface area contributed by atoms with E-state index in [4.69, 9.17) is 24.8 Å². The Hall–Kier alpha value is -7.43. The second-order valence-electron chi connectivity index (χ2n) is 12.9. The molecule has 0 fully saturated rings. The third kappa shape index (κ3) is 5.26. The van der Waals surface area contributed by atoms with E-state index in [2.05, 4.69) is 6.07 Å². The van der Waals surface area contributed by atoms with Gasteiger partial charge in [-0.05, 0) is 105 Å². The van der Waals surface area contributed by atoms with Gasteiger partial charge in [-0.25, -0.2) is 4.98 Å². The van der Waals surface area contributed by atoms with Gasteiger partial charge in [0.05, 0.1) is 24.9 Å². The minimum Gasteiger partial charge on any atom is -0.456 e. The standard InChI is InChI=1S/C51H32N2O2/c1-3-13-33(14-4-1)34-23-25-38(26-24-34)53(37-17-5-2-6-18-37)47-28-27-40(39-19-9-10-20-41(39)47)42-31-44-43-29-35-15-7-8-16-36(35)30-49(43)54-50(44)32-45(42)51-52-46-21-11-12-22-48(46)55-51/h1-32H/i1D,2D,3D,4D,5D,6D,13D,14D,17D,18D,23D,24D,25D,26D. The molecule has 4 nitrogen and oxygen atoms in total. The summed E-state index contributed by atoms with van der Waals surface area (Å²) >= 11 is 0. The minimum atomic E-state index is -0.792. The van der Waals surface area contributed by atoms with Gasteiger partial charge in [-0.1, -0.05) is 127 Å². The summed E-state index contributed by atoms with van der Waals surface area (Å²) in [6.45, 7) is 0. The van der Waals surface area contributed by atoms with Crippen LogP contribution in [0.3, 0.4) is 0 Å². The van der Waals surface area contributed by atoms with E-state index in [1.165, 1.54) is 0 Å². The molecule has 11 aromatic rings. The monoisotopic (exact) mass is 718 g/mol. The van der Waals surface area contributed by atoms with Crippen molar-refractivity contribution >= 4 is 71.6 Å². The first-order valence-corrected chi connectivity index (χ1v) is 17.4. The average molecular weight is 719 g/mol. The third-order valence-corrected chi connectivity index (χ3v) is 9.73. The molecule has 0 aliphatic carbocycles. The molecule has 0 bridgehead atoms. The Labute approximate surface area is 336 Å². The fourth-order valence-corrected chi connectivity index (χ4v) is 7.23. The predicted octanol–water partition coefficient (Wildman–Crippen LogP) is 14.5. The number of aromatic nitrogens is 1. The molecule has 4 heteroatoms. The van der Waals surface area contributed by atoms with Crippen LogP contribution < -0.4 is 4.90 Å². The lowest BCUT2D eigenvalue weighted by atomic mass is 9.91. The fraction of sp³-hybridized carbons (Fsp3) is 0. The lowest BCUT2D eigenvalue weighted by Crippen LogP contribution is -2.10. The summed E-state index contributed by atoms with van der Waals surface area (Å²) in [6.07, 6.45) is 0. The van der Waals surface area contributed by atoms with Gasteiger partial charge in [0.25, 0.3) is 0 Å². The van der Waals surface area contributed by atoms with Crippen LogP contribution in [0.25, 0.3) is 88.3 Å². The normalized spacial score (nSPS) is 15.2. The van der Waals surface area contributed by atoms with E-state index >= 15 is 0 Å². The number of benzene rings is 9. The molecular formula is C51H32N2O2. The van der Waals surface area contributed by atoms with Crippen LogP contribution >= 0.6 is 0 Å². The van der Waals surface area contributed by atoms with Crippen LogP contribution in [-0.4, -0.2) is 4.98 Å². The number of anilines is 3. The molecule has 9 aromatic carbocycles. The van der Waals surface area contributed by atoms with Gasteiger partial charge in [0.1, 0.15) is 16.7 Å². The Bertz CT molecular complexity index is 3930. The highest BCUT2D eigenvalue weighted by molar-refractivity contribution is 6.15. The first-order chi connectivity index (χ1) is 33.1. The molecule has 0 aliphatic heterocycles. The van der Waals surface area contributed by atoms with Crippen molar-refractivity contribution in [3.05, 3.63) is 194 Å². The largest absolute Gasteiger partial charge is 0.456 e. The molecule has 0 N–H and O–H groups in total. The van der Waals surface area contributed by atoms with Crippen LogP contribution in [0.15, 0.2) is 203 Å². The van der Waals surface area contributed by atoms with E-state index in [0.29, 0.717) is 55.6 Å². The maximum atomic E-state index is 9.50. The third-order valence-electron chi connectivity index (χ3n) is 9.73. The summed E-state index contributed by atoms with van der Waals surface area (Å²) in [5.41, 5.74) is 2.26. The molecule has 0 saturated heterocycles.